The summed E-state index contributed by atoms with van der Waals surface area (Å²) in [5.41, 5.74) is 3.88. The molecular formula is C19H21N3O2S. The Morgan fingerprint density at radius 1 is 1.04 bits per heavy atom. The fraction of sp³-hybridized carbons (Fsp3) is 0.263. The first-order valence-electron chi connectivity index (χ1n) is 8.27. The van der Waals surface area contributed by atoms with Gasteiger partial charge in [-0.15, -0.1) is 11.3 Å². The summed E-state index contributed by atoms with van der Waals surface area (Å²) in [5, 5.41) is 5.40. The molecule has 0 bridgehead atoms. The Hall–Kier alpha value is -2.44. The van der Waals surface area contributed by atoms with Gasteiger partial charge in [0.1, 0.15) is 11.5 Å². The topological polar surface area (TPSA) is 56.3 Å². The van der Waals surface area contributed by atoms with Gasteiger partial charge >= 0.3 is 0 Å². The van der Waals surface area contributed by atoms with E-state index in [-0.39, 0.29) is 0 Å². The molecule has 0 aliphatic heterocycles. The molecule has 130 valence electrons. The lowest BCUT2D eigenvalue weighted by molar-refractivity contribution is 0.317. The summed E-state index contributed by atoms with van der Waals surface area (Å²) in [6.07, 6.45) is 2.72. The second-order valence-corrected chi connectivity index (χ2v) is 6.19. The van der Waals surface area contributed by atoms with Crippen molar-refractivity contribution in [3.63, 3.8) is 0 Å². The molecule has 2 heterocycles. The third kappa shape index (κ3) is 5.27. The first-order chi connectivity index (χ1) is 12.3. The highest BCUT2D eigenvalue weighted by Gasteiger charge is 2.07. The molecule has 0 aliphatic rings. The van der Waals surface area contributed by atoms with Gasteiger partial charge in [0.2, 0.25) is 5.88 Å². The smallest absolute Gasteiger partial charge is 0.223 e. The van der Waals surface area contributed by atoms with Gasteiger partial charge in [0, 0.05) is 30.2 Å². The molecule has 5 nitrogen and oxygen atoms in total. The molecule has 0 spiro atoms. The van der Waals surface area contributed by atoms with Crippen molar-refractivity contribution >= 4 is 11.3 Å². The predicted molar refractivity (Wildman–Crippen MR) is 99.2 cm³/mol. The minimum atomic E-state index is 0.607. The van der Waals surface area contributed by atoms with Crippen molar-refractivity contribution in [1.29, 1.82) is 0 Å². The minimum absolute atomic E-state index is 0.607. The van der Waals surface area contributed by atoms with E-state index >= 15 is 0 Å². The average Bonchev–Trinajstić information content (AvgIpc) is 3.16. The van der Waals surface area contributed by atoms with Crippen LogP contribution in [0.4, 0.5) is 0 Å². The van der Waals surface area contributed by atoms with Crippen molar-refractivity contribution in [2.45, 2.75) is 26.4 Å². The third-order valence-electron chi connectivity index (χ3n) is 3.47. The number of pyridine rings is 1. The highest BCUT2D eigenvalue weighted by atomic mass is 32.1. The van der Waals surface area contributed by atoms with E-state index in [0.717, 1.165) is 42.3 Å². The first kappa shape index (κ1) is 17.4. The molecular weight excluding hydrogens is 334 g/mol. The van der Waals surface area contributed by atoms with E-state index in [0.29, 0.717) is 12.4 Å². The summed E-state index contributed by atoms with van der Waals surface area (Å²) in [4.78, 5) is 8.62. The van der Waals surface area contributed by atoms with E-state index in [2.05, 4.69) is 22.2 Å². The van der Waals surface area contributed by atoms with Gasteiger partial charge in [0.15, 0.2) is 0 Å². The summed E-state index contributed by atoms with van der Waals surface area (Å²) < 4.78 is 11.5. The van der Waals surface area contributed by atoms with Crippen LogP contribution in [0.3, 0.4) is 0 Å². The van der Waals surface area contributed by atoms with E-state index < -0.39 is 0 Å². The van der Waals surface area contributed by atoms with Crippen LogP contribution in [0.5, 0.6) is 17.4 Å². The minimum Gasteiger partial charge on any atom is -0.494 e. The van der Waals surface area contributed by atoms with Crippen LogP contribution in [0.1, 0.15) is 24.6 Å². The number of nitrogens with one attached hydrogen (secondary N) is 1. The molecule has 1 N–H and O–H groups in total. The fourth-order valence-electron chi connectivity index (χ4n) is 2.24. The molecule has 3 aromatic rings. The van der Waals surface area contributed by atoms with E-state index in [1.807, 2.05) is 47.3 Å². The fourth-order valence-corrected chi connectivity index (χ4v) is 2.79. The van der Waals surface area contributed by atoms with E-state index in [1.165, 1.54) is 0 Å². The Balaban J connectivity index is 1.60. The number of hydrogen-bond acceptors (Lipinski definition) is 6. The number of thiazole rings is 1. The van der Waals surface area contributed by atoms with Gasteiger partial charge in [-0.1, -0.05) is 13.0 Å². The zero-order valence-electron chi connectivity index (χ0n) is 14.1. The van der Waals surface area contributed by atoms with Gasteiger partial charge in [-0.25, -0.2) is 9.97 Å². The molecule has 0 fully saturated rings. The second-order valence-electron chi connectivity index (χ2n) is 5.47. The standard InChI is InChI=1S/C19H21N3O2S/c1-2-10-23-17-5-7-18(8-6-17)24-19-15(4-3-9-21-19)11-20-12-16-13-25-14-22-16/h3-9,13-14,20H,2,10-12H2,1H3. The van der Waals surface area contributed by atoms with Crippen LogP contribution in [0.2, 0.25) is 0 Å². The Labute approximate surface area is 151 Å². The quantitative estimate of drug-likeness (QED) is 0.616. The molecule has 0 aliphatic carbocycles. The first-order valence-corrected chi connectivity index (χ1v) is 9.22. The SMILES string of the molecule is CCCOc1ccc(Oc2ncccc2CNCc2cscn2)cc1. The van der Waals surface area contributed by atoms with Crippen molar-refractivity contribution in [2.24, 2.45) is 0 Å². The lowest BCUT2D eigenvalue weighted by Gasteiger charge is -2.11. The van der Waals surface area contributed by atoms with Crippen LogP contribution in [-0.4, -0.2) is 16.6 Å². The summed E-state index contributed by atoms with van der Waals surface area (Å²) in [6.45, 7) is 4.19. The summed E-state index contributed by atoms with van der Waals surface area (Å²) in [6, 6.07) is 11.5. The zero-order valence-corrected chi connectivity index (χ0v) is 15.0. The molecule has 0 saturated heterocycles. The Bertz CT molecular complexity index is 761. The van der Waals surface area contributed by atoms with E-state index in [1.54, 1.807) is 17.5 Å². The summed E-state index contributed by atoms with van der Waals surface area (Å²) in [5.74, 6) is 2.19. The van der Waals surface area contributed by atoms with Crippen molar-refractivity contribution in [3.8, 4) is 17.4 Å². The Morgan fingerprint density at radius 3 is 2.64 bits per heavy atom. The van der Waals surface area contributed by atoms with Crippen molar-refractivity contribution < 1.29 is 9.47 Å². The molecule has 0 atom stereocenters. The molecule has 1 aromatic carbocycles. The van der Waals surface area contributed by atoms with Gasteiger partial charge in [-0.3, -0.25) is 0 Å². The number of rotatable bonds is 9. The molecule has 2 aromatic heterocycles. The van der Waals surface area contributed by atoms with Gasteiger partial charge in [0.25, 0.3) is 0 Å². The van der Waals surface area contributed by atoms with Crippen molar-refractivity contribution in [2.75, 3.05) is 6.61 Å². The highest BCUT2D eigenvalue weighted by Crippen LogP contribution is 2.25. The third-order valence-corrected chi connectivity index (χ3v) is 4.10. The van der Waals surface area contributed by atoms with Crippen LogP contribution in [0.25, 0.3) is 0 Å². The average molecular weight is 355 g/mol. The molecule has 3 rings (SSSR count). The zero-order chi connectivity index (χ0) is 17.3. The number of ether oxygens (including phenoxy) is 2. The van der Waals surface area contributed by atoms with E-state index in [9.17, 15) is 0 Å². The lowest BCUT2D eigenvalue weighted by atomic mass is 10.2. The number of aromatic nitrogens is 2. The largest absolute Gasteiger partial charge is 0.494 e. The second kappa shape index (κ2) is 9.15. The predicted octanol–water partition coefficient (Wildman–Crippen LogP) is 4.41. The summed E-state index contributed by atoms with van der Waals surface area (Å²) in [7, 11) is 0. The van der Waals surface area contributed by atoms with Gasteiger partial charge in [-0.2, -0.15) is 0 Å². The molecule has 0 unspecified atom stereocenters. The van der Waals surface area contributed by atoms with Crippen molar-refractivity contribution in [1.82, 2.24) is 15.3 Å². The molecule has 0 radical (unpaired) electrons. The number of benzene rings is 1. The maximum Gasteiger partial charge on any atom is 0.223 e. The molecule has 25 heavy (non-hydrogen) atoms. The highest BCUT2D eigenvalue weighted by molar-refractivity contribution is 7.07. The molecule has 0 amide bonds. The number of hydrogen-bond donors (Lipinski definition) is 1. The molecule has 6 heteroatoms. The van der Waals surface area contributed by atoms with Crippen LogP contribution in [-0.2, 0) is 13.1 Å². The normalized spacial score (nSPS) is 10.6. The van der Waals surface area contributed by atoms with Crippen LogP contribution < -0.4 is 14.8 Å². The molecule has 0 saturated carbocycles. The van der Waals surface area contributed by atoms with Gasteiger partial charge in [0.05, 0.1) is 17.8 Å². The Morgan fingerprint density at radius 2 is 1.88 bits per heavy atom. The van der Waals surface area contributed by atoms with Crippen molar-refractivity contribution in [3.05, 3.63) is 64.7 Å². The maximum atomic E-state index is 5.94. The lowest BCUT2D eigenvalue weighted by Crippen LogP contribution is -2.13. The van der Waals surface area contributed by atoms with Gasteiger partial charge < -0.3 is 14.8 Å². The van der Waals surface area contributed by atoms with Crippen LogP contribution in [0, 0.1) is 0 Å². The maximum absolute atomic E-state index is 5.94. The number of nitrogens with zero attached hydrogens (tertiary/aromatic N) is 2. The monoisotopic (exact) mass is 355 g/mol. The Kier molecular flexibility index (Phi) is 6.36. The van der Waals surface area contributed by atoms with Gasteiger partial charge in [-0.05, 0) is 36.8 Å². The summed E-state index contributed by atoms with van der Waals surface area (Å²) >= 11 is 1.60. The van der Waals surface area contributed by atoms with Crippen LogP contribution in [0.15, 0.2) is 53.5 Å². The van der Waals surface area contributed by atoms with Crippen LogP contribution >= 0.6 is 11.3 Å². The van der Waals surface area contributed by atoms with E-state index in [4.69, 9.17) is 9.47 Å².